The van der Waals surface area contributed by atoms with E-state index >= 15 is 0 Å². The average Bonchev–Trinajstić information content (AvgIpc) is 3.27. The summed E-state index contributed by atoms with van der Waals surface area (Å²) in [4.78, 5) is 32.3. The number of nitrogens with zero attached hydrogens (tertiary/aromatic N) is 2. The number of carbonyl (C=O) groups is 2. The van der Waals surface area contributed by atoms with Crippen molar-refractivity contribution in [2.24, 2.45) is 0 Å². The Morgan fingerprint density at radius 1 is 0.941 bits per heavy atom. The molecule has 2 amide bonds. The molecule has 0 bridgehead atoms. The average molecular weight is 540 g/mol. The molecule has 1 aliphatic carbocycles. The van der Waals surface area contributed by atoms with Crippen molar-refractivity contribution in [3.63, 3.8) is 0 Å². The molecule has 178 valence electrons. The standard InChI is InChI=1S/C28H31BrN2O2S/c1-21-16-17-34-26(21)19-30(18-22-8-4-2-5-9-22)27(32)20-31(25-10-6-3-7-11-25)28(33)23-12-14-24(29)15-13-23/h2,4-5,8-9,12-17,25H,3,6-7,10-11,18-20H2,1H3. The molecule has 1 heterocycles. The van der Waals surface area contributed by atoms with Gasteiger partial charge < -0.3 is 9.80 Å². The predicted molar refractivity (Wildman–Crippen MR) is 142 cm³/mol. The Kier molecular flexibility index (Phi) is 8.57. The predicted octanol–water partition coefficient (Wildman–Crippen LogP) is 6.82. The topological polar surface area (TPSA) is 40.6 Å². The quantitative estimate of drug-likeness (QED) is 0.315. The van der Waals surface area contributed by atoms with E-state index in [9.17, 15) is 9.59 Å². The first-order chi connectivity index (χ1) is 16.5. The number of hydrogen-bond acceptors (Lipinski definition) is 3. The summed E-state index contributed by atoms with van der Waals surface area (Å²) in [6, 6.07) is 19.7. The van der Waals surface area contributed by atoms with Gasteiger partial charge in [-0.2, -0.15) is 0 Å². The largest absolute Gasteiger partial charge is 0.332 e. The molecule has 6 heteroatoms. The van der Waals surface area contributed by atoms with Gasteiger partial charge in [-0.05, 0) is 66.6 Å². The van der Waals surface area contributed by atoms with Crippen LogP contribution in [0.3, 0.4) is 0 Å². The highest BCUT2D eigenvalue weighted by Crippen LogP contribution is 2.26. The van der Waals surface area contributed by atoms with Crippen molar-refractivity contribution in [3.8, 4) is 0 Å². The third kappa shape index (κ3) is 6.36. The van der Waals surface area contributed by atoms with E-state index in [1.54, 1.807) is 11.3 Å². The van der Waals surface area contributed by atoms with E-state index in [1.165, 1.54) is 16.9 Å². The van der Waals surface area contributed by atoms with Gasteiger partial charge in [-0.15, -0.1) is 11.3 Å². The van der Waals surface area contributed by atoms with Crippen LogP contribution in [0, 0.1) is 6.92 Å². The normalized spacial score (nSPS) is 14.1. The third-order valence-corrected chi connectivity index (χ3v) is 8.08. The molecule has 0 saturated heterocycles. The maximum absolute atomic E-state index is 13.8. The molecule has 0 aliphatic heterocycles. The zero-order valence-electron chi connectivity index (χ0n) is 19.6. The third-order valence-electron chi connectivity index (χ3n) is 6.54. The van der Waals surface area contributed by atoms with E-state index in [1.807, 2.05) is 64.4 Å². The fraction of sp³-hybridized carbons (Fsp3) is 0.357. The van der Waals surface area contributed by atoms with Crippen LogP contribution in [0.2, 0.25) is 0 Å². The van der Waals surface area contributed by atoms with Crippen LogP contribution in [0.5, 0.6) is 0 Å². The number of thiophene rings is 1. The smallest absolute Gasteiger partial charge is 0.254 e. The second-order valence-corrected chi connectivity index (χ2v) is 10.9. The summed E-state index contributed by atoms with van der Waals surface area (Å²) in [6.45, 7) is 3.28. The molecule has 0 atom stereocenters. The number of halogens is 1. The Labute approximate surface area is 214 Å². The molecule has 34 heavy (non-hydrogen) atoms. The summed E-state index contributed by atoms with van der Waals surface area (Å²) >= 11 is 5.13. The highest BCUT2D eigenvalue weighted by atomic mass is 79.9. The maximum atomic E-state index is 13.8. The van der Waals surface area contributed by atoms with Gasteiger partial charge in [0.25, 0.3) is 5.91 Å². The molecule has 1 saturated carbocycles. The van der Waals surface area contributed by atoms with Crippen molar-refractivity contribution in [2.75, 3.05) is 6.54 Å². The molecule has 0 radical (unpaired) electrons. The first kappa shape index (κ1) is 24.7. The minimum Gasteiger partial charge on any atom is -0.332 e. The van der Waals surface area contributed by atoms with Crippen LogP contribution < -0.4 is 0 Å². The Morgan fingerprint density at radius 3 is 2.29 bits per heavy atom. The molecule has 2 aromatic carbocycles. The van der Waals surface area contributed by atoms with Crippen LogP contribution >= 0.6 is 27.3 Å². The highest BCUT2D eigenvalue weighted by molar-refractivity contribution is 9.10. The van der Waals surface area contributed by atoms with E-state index in [4.69, 9.17) is 0 Å². The number of aryl methyl sites for hydroxylation is 1. The van der Waals surface area contributed by atoms with Crippen molar-refractivity contribution in [1.29, 1.82) is 0 Å². The summed E-state index contributed by atoms with van der Waals surface area (Å²) in [5.41, 5.74) is 2.92. The minimum atomic E-state index is -0.0558. The molecular weight excluding hydrogens is 508 g/mol. The zero-order valence-corrected chi connectivity index (χ0v) is 22.0. The van der Waals surface area contributed by atoms with Gasteiger partial charge in [0.1, 0.15) is 6.54 Å². The maximum Gasteiger partial charge on any atom is 0.254 e. The summed E-state index contributed by atoms with van der Waals surface area (Å²) in [5, 5.41) is 2.07. The zero-order chi connectivity index (χ0) is 23.9. The van der Waals surface area contributed by atoms with Crippen molar-refractivity contribution in [2.45, 2.75) is 58.2 Å². The summed E-state index contributed by atoms with van der Waals surface area (Å²) in [5.74, 6) is -0.0626. The Hall–Kier alpha value is -2.44. The van der Waals surface area contributed by atoms with Gasteiger partial charge in [0.2, 0.25) is 5.91 Å². The van der Waals surface area contributed by atoms with Gasteiger partial charge in [0, 0.05) is 27.5 Å². The van der Waals surface area contributed by atoms with Gasteiger partial charge in [-0.25, -0.2) is 0 Å². The van der Waals surface area contributed by atoms with E-state index in [2.05, 4.69) is 34.3 Å². The summed E-state index contributed by atoms with van der Waals surface area (Å²) in [6.07, 6.45) is 5.31. The molecule has 0 N–H and O–H groups in total. The fourth-order valence-electron chi connectivity index (χ4n) is 4.54. The highest BCUT2D eigenvalue weighted by Gasteiger charge is 2.30. The minimum absolute atomic E-state index is 0.00677. The Morgan fingerprint density at radius 2 is 1.65 bits per heavy atom. The molecule has 1 aliphatic rings. The number of amides is 2. The van der Waals surface area contributed by atoms with Gasteiger partial charge in [0.05, 0.1) is 6.54 Å². The van der Waals surface area contributed by atoms with E-state index in [-0.39, 0.29) is 24.4 Å². The number of rotatable bonds is 8. The van der Waals surface area contributed by atoms with Crippen molar-refractivity contribution >= 4 is 39.1 Å². The van der Waals surface area contributed by atoms with Crippen molar-refractivity contribution in [1.82, 2.24) is 9.80 Å². The Balaban J connectivity index is 1.58. The molecule has 3 aromatic rings. The molecular formula is C28H31BrN2O2S. The molecule has 4 nitrogen and oxygen atoms in total. The summed E-state index contributed by atoms with van der Waals surface area (Å²) in [7, 11) is 0. The monoisotopic (exact) mass is 538 g/mol. The van der Waals surface area contributed by atoms with Crippen LogP contribution in [0.15, 0.2) is 70.5 Å². The van der Waals surface area contributed by atoms with E-state index < -0.39 is 0 Å². The van der Waals surface area contributed by atoms with E-state index in [0.717, 1.165) is 35.7 Å². The molecule has 4 rings (SSSR count). The molecule has 0 unspecified atom stereocenters. The fourth-order valence-corrected chi connectivity index (χ4v) is 5.72. The van der Waals surface area contributed by atoms with Crippen LogP contribution in [0.1, 0.15) is 58.5 Å². The van der Waals surface area contributed by atoms with Crippen molar-refractivity contribution < 1.29 is 9.59 Å². The first-order valence-corrected chi connectivity index (χ1v) is 13.6. The van der Waals surface area contributed by atoms with Crippen LogP contribution in [0.4, 0.5) is 0 Å². The molecule has 1 fully saturated rings. The van der Waals surface area contributed by atoms with Crippen LogP contribution in [0.25, 0.3) is 0 Å². The lowest BCUT2D eigenvalue weighted by atomic mass is 9.93. The second kappa shape index (κ2) is 11.8. The van der Waals surface area contributed by atoms with Gasteiger partial charge in [-0.3, -0.25) is 9.59 Å². The summed E-state index contributed by atoms with van der Waals surface area (Å²) < 4.78 is 0.935. The van der Waals surface area contributed by atoms with Crippen LogP contribution in [-0.4, -0.2) is 34.2 Å². The first-order valence-electron chi connectivity index (χ1n) is 11.9. The van der Waals surface area contributed by atoms with Crippen molar-refractivity contribution in [3.05, 3.63) is 92.1 Å². The lowest BCUT2D eigenvalue weighted by molar-refractivity contribution is -0.133. The number of benzene rings is 2. The van der Waals surface area contributed by atoms with Gasteiger partial charge >= 0.3 is 0 Å². The van der Waals surface area contributed by atoms with Crippen LogP contribution in [-0.2, 0) is 17.9 Å². The molecule has 0 spiro atoms. The lowest BCUT2D eigenvalue weighted by Gasteiger charge is -2.35. The lowest BCUT2D eigenvalue weighted by Crippen LogP contribution is -2.48. The number of carbonyl (C=O) groups excluding carboxylic acids is 2. The van der Waals surface area contributed by atoms with Gasteiger partial charge in [0.15, 0.2) is 0 Å². The number of hydrogen-bond donors (Lipinski definition) is 0. The second-order valence-electron chi connectivity index (χ2n) is 8.99. The molecule has 1 aromatic heterocycles. The van der Waals surface area contributed by atoms with E-state index in [0.29, 0.717) is 18.7 Å². The van der Waals surface area contributed by atoms with Gasteiger partial charge in [-0.1, -0.05) is 65.5 Å². The Bertz CT molecular complexity index is 1090. The SMILES string of the molecule is Cc1ccsc1CN(Cc1ccccc1)C(=O)CN(C(=O)c1ccc(Br)cc1)C1CCCCC1.